The summed E-state index contributed by atoms with van der Waals surface area (Å²) in [4.78, 5) is 16.7. The first-order valence-corrected chi connectivity index (χ1v) is 6.99. The van der Waals surface area contributed by atoms with Crippen LogP contribution < -0.4 is 5.43 Å². The third-order valence-corrected chi connectivity index (χ3v) is 3.38. The number of carbonyl (C=O) groups excluding carboxylic acids is 1. The molecule has 0 aliphatic heterocycles. The van der Waals surface area contributed by atoms with E-state index in [9.17, 15) is 4.79 Å². The van der Waals surface area contributed by atoms with Gasteiger partial charge in [0.1, 0.15) is 11.3 Å². The zero-order chi connectivity index (χ0) is 15.5. The summed E-state index contributed by atoms with van der Waals surface area (Å²) in [5.41, 5.74) is 6.58. The molecule has 3 rings (SSSR count). The second-order valence-electron chi connectivity index (χ2n) is 5.08. The van der Waals surface area contributed by atoms with Crippen molar-refractivity contribution in [3.63, 3.8) is 0 Å². The second kappa shape index (κ2) is 5.81. The predicted octanol–water partition coefficient (Wildman–Crippen LogP) is 2.72. The van der Waals surface area contributed by atoms with Crippen LogP contribution in [0.5, 0.6) is 0 Å². The Morgan fingerprint density at radius 3 is 2.73 bits per heavy atom. The van der Waals surface area contributed by atoms with Crippen molar-refractivity contribution in [1.82, 2.24) is 14.8 Å². The van der Waals surface area contributed by atoms with Gasteiger partial charge in [-0.15, -0.1) is 0 Å². The zero-order valence-electron chi connectivity index (χ0n) is 12.4. The van der Waals surface area contributed by atoms with E-state index in [0.717, 1.165) is 11.2 Å². The summed E-state index contributed by atoms with van der Waals surface area (Å²) in [6.45, 7) is 3.84. The highest BCUT2D eigenvalue weighted by Crippen LogP contribution is 2.11. The van der Waals surface area contributed by atoms with E-state index < -0.39 is 0 Å². The molecule has 0 saturated carbocycles. The van der Waals surface area contributed by atoms with Gasteiger partial charge in [0.05, 0.1) is 11.9 Å². The lowest BCUT2D eigenvalue weighted by atomic mass is 10.2. The van der Waals surface area contributed by atoms with Gasteiger partial charge in [-0.25, -0.2) is 10.4 Å². The van der Waals surface area contributed by atoms with E-state index in [1.807, 2.05) is 62.5 Å². The fourth-order valence-electron chi connectivity index (χ4n) is 2.26. The first kappa shape index (κ1) is 14.0. The molecule has 1 N–H and O–H groups in total. The van der Waals surface area contributed by atoms with Crippen molar-refractivity contribution in [3.8, 4) is 0 Å². The number of aromatic nitrogens is 2. The minimum Gasteiger partial charge on any atom is -0.295 e. The number of pyridine rings is 1. The number of rotatable bonds is 3. The van der Waals surface area contributed by atoms with E-state index in [0.29, 0.717) is 11.4 Å². The van der Waals surface area contributed by atoms with Crippen molar-refractivity contribution in [2.45, 2.75) is 13.8 Å². The molecule has 110 valence electrons. The highest BCUT2D eigenvalue weighted by molar-refractivity contribution is 5.95. The number of imidazole rings is 1. The van der Waals surface area contributed by atoms with Crippen LogP contribution in [0, 0.1) is 13.8 Å². The summed E-state index contributed by atoms with van der Waals surface area (Å²) < 4.78 is 1.76. The van der Waals surface area contributed by atoms with Gasteiger partial charge in [-0.2, -0.15) is 5.10 Å². The van der Waals surface area contributed by atoms with Gasteiger partial charge in [-0.1, -0.05) is 35.9 Å². The fourth-order valence-corrected chi connectivity index (χ4v) is 2.26. The summed E-state index contributed by atoms with van der Waals surface area (Å²) in [6, 6.07) is 13.5. The van der Waals surface area contributed by atoms with Gasteiger partial charge in [0.25, 0.3) is 5.91 Å². The van der Waals surface area contributed by atoms with Gasteiger partial charge in [-0.3, -0.25) is 9.20 Å². The molecule has 0 aliphatic rings. The normalized spacial score (nSPS) is 11.2. The van der Waals surface area contributed by atoms with E-state index in [1.165, 1.54) is 5.56 Å². The zero-order valence-corrected chi connectivity index (χ0v) is 12.4. The molecule has 22 heavy (non-hydrogen) atoms. The van der Waals surface area contributed by atoms with Gasteiger partial charge in [0, 0.05) is 6.20 Å². The molecule has 0 aliphatic carbocycles. The Labute approximate surface area is 128 Å². The third-order valence-electron chi connectivity index (χ3n) is 3.38. The molecule has 5 nitrogen and oxygen atoms in total. The number of aryl methyl sites for hydroxylation is 2. The second-order valence-corrected chi connectivity index (χ2v) is 5.08. The van der Waals surface area contributed by atoms with Crippen LogP contribution >= 0.6 is 0 Å². The number of nitrogens with one attached hydrogen (secondary N) is 1. The fraction of sp³-hybridized carbons (Fsp3) is 0.118. The molecule has 0 saturated heterocycles. The van der Waals surface area contributed by atoms with Gasteiger partial charge in [-0.05, 0) is 31.5 Å². The highest BCUT2D eigenvalue weighted by Gasteiger charge is 2.15. The van der Waals surface area contributed by atoms with E-state index in [-0.39, 0.29) is 5.91 Å². The lowest BCUT2D eigenvalue weighted by Gasteiger charge is -2.01. The minimum absolute atomic E-state index is 0.278. The molecule has 0 atom stereocenters. The van der Waals surface area contributed by atoms with Crippen molar-refractivity contribution in [3.05, 3.63) is 71.2 Å². The number of hydrazone groups is 1. The molecule has 0 bridgehead atoms. The molecule has 0 unspecified atom stereocenters. The smallest absolute Gasteiger partial charge is 0.290 e. The van der Waals surface area contributed by atoms with E-state index in [4.69, 9.17) is 0 Å². The SMILES string of the molecule is Cc1ccc(/C=N\NC(=O)c2c(C)nc3ccccn23)cc1. The van der Waals surface area contributed by atoms with Gasteiger partial charge < -0.3 is 0 Å². The van der Waals surface area contributed by atoms with Crippen LogP contribution in [0.1, 0.15) is 27.3 Å². The monoisotopic (exact) mass is 292 g/mol. The topological polar surface area (TPSA) is 58.8 Å². The summed E-state index contributed by atoms with van der Waals surface area (Å²) in [5, 5.41) is 4.01. The largest absolute Gasteiger partial charge is 0.295 e. The summed E-state index contributed by atoms with van der Waals surface area (Å²) in [7, 11) is 0. The molecular weight excluding hydrogens is 276 g/mol. The Bertz CT molecular complexity index is 847. The average Bonchev–Trinajstić information content (AvgIpc) is 2.85. The third kappa shape index (κ3) is 2.74. The van der Waals surface area contributed by atoms with Crippen LogP contribution in [-0.4, -0.2) is 21.5 Å². The number of nitrogens with zero attached hydrogens (tertiary/aromatic N) is 3. The molecule has 5 heteroatoms. The number of hydrogen-bond donors (Lipinski definition) is 1. The maximum Gasteiger partial charge on any atom is 0.290 e. The Morgan fingerprint density at radius 1 is 1.18 bits per heavy atom. The van der Waals surface area contributed by atoms with Crippen molar-refractivity contribution < 1.29 is 4.79 Å². The number of carbonyl (C=O) groups is 1. The minimum atomic E-state index is -0.278. The summed E-state index contributed by atoms with van der Waals surface area (Å²) in [5.74, 6) is -0.278. The van der Waals surface area contributed by atoms with Crippen LogP contribution in [0.15, 0.2) is 53.8 Å². The molecule has 0 radical (unpaired) electrons. The van der Waals surface area contributed by atoms with Crippen molar-refractivity contribution in [1.29, 1.82) is 0 Å². The van der Waals surface area contributed by atoms with Gasteiger partial charge >= 0.3 is 0 Å². The Kier molecular flexibility index (Phi) is 3.70. The maximum atomic E-state index is 12.3. The van der Waals surface area contributed by atoms with Crippen LogP contribution in [0.4, 0.5) is 0 Å². The Balaban J connectivity index is 1.79. The first-order chi connectivity index (χ1) is 10.6. The lowest BCUT2D eigenvalue weighted by molar-refractivity contribution is 0.0948. The Morgan fingerprint density at radius 2 is 1.95 bits per heavy atom. The molecule has 0 fully saturated rings. The lowest BCUT2D eigenvalue weighted by Crippen LogP contribution is -2.20. The number of amides is 1. The molecule has 3 aromatic rings. The average molecular weight is 292 g/mol. The number of benzene rings is 1. The summed E-state index contributed by atoms with van der Waals surface area (Å²) in [6.07, 6.45) is 3.43. The first-order valence-electron chi connectivity index (χ1n) is 6.99. The maximum absolute atomic E-state index is 12.3. The van der Waals surface area contributed by atoms with E-state index >= 15 is 0 Å². The van der Waals surface area contributed by atoms with E-state index in [1.54, 1.807) is 10.6 Å². The molecular formula is C17H16N4O. The molecule has 0 spiro atoms. The van der Waals surface area contributed by atoms with Crippen molar-refractivity contribution in [2.75, 3.05) is 0 Å². The van der Waals surface area contributed by atoms with Crippen LogP contribution in [0.2, 0.25) is 0 Å². The van der Waals surface area contributed by atoms with Crippen LogP contribution in [-0.2, 0) is 0 Å². The van der Waals surface area contributed by atoms with Crippen molar-refractivity contribution in [2.24, 2.45) is 5.10 Å². The standard InChI is InChI=1S/C17H16N4O/c1-12-6-8-14(9-7-12)11-18-20-17(22)16-13(2)19-15-5-3-4-10-21(15)16/h3-11H,1-2H3,(H,20,22)/b18-11-. The van der Waals surface area contributed by atoms with Crippen molar-refractivity contribution >= 4 is 17.8 Å². The predicted molar refractivity (Wildman–Crippen MR) is 86.2 cm³/mol. The van der Waals surface area contributed by atoms with Crippen LogP contribution in [0.25, 0.3) is 5.65 Å². The molecule has 2 heterocycles. The van der Waals surface area contributed by atoms with Gasteiger partial charge in [0.15, 0.2) is 0 Å². The van der Waals surface area contributed by atoms with Gasteiger partial charge in [0.2, 0.25) is 0 Å². The summed E-state index contributed by atoms with van der Waals surface area (Å²) >= 11 is 0. The highest BCUT2D eigenvalue weighted by atomic mass is 16.2. The van der Waals surface area contributed by atoms with Crippen LogP contribution in [0.3, 0.4) is 0 Å². The molecule has 1 aromatic carbocycles. The van der Waals surface area contributed by atoms with E-state index in [2.05, 4.69) is 15.5 Å². The number of fused-ring (bicyclic) bond motifs is 1. The molecule has 2 aromatic heterocycles. The quantitative estimate of drug-likeness (QED) is 0.596. The number of hydrogen-bond acceptors (Lipinski definition) is 3. The molecule has 1 amide bonds. The Hall–Kier alpha value is -2.95.